The first-order valence-electron chi connectivity index (χ1n) is 10.4. The minimum absolute atomic E-state index is 0.221. The smallest absolute Gasteiger partial charge is 0.328 e. The number of hydrogen-bond donors (Lipinski definition) is 1. The molecular formula is C25H21FN2O3S. The van der Waals surface area contributed by atoms with Crippen LogP contribution in [0.25, 0.3) is 22.0 Å². The van der Waals surface area contributed by atoms with Gasteiger partial charge in [0.1, 0.15) is 5.82 Å². The lowest BCUT2D eigenvalue weighted by atomic mass is 9.98. The molecule has 0 saturated heterocycles. The number of hydrogen-bond acceptors (Lipinski definition) is 4. The van der Waals surface area contributed by atoms with Crippen LogP contribution in [0.1, 0.15) is 11.1 Å². The average molecular weight is 449 g/mol. The van der Waals surface area contributed by atoms with E-state index in [9.17, 15) is 14.0 Å². The van der Waals surface area contributed by atoms with Crippen molar-refractivity contribution in [3.05, 3.63) is 98.4 Å². The summed E-state index contributed by atoms with van der Waals surface area (Å²) < 4.78 is 21.3. The Morgan fingerprint density at radius 3 is 2.62 bits per heavy atom. The van der Waals surface area contributed by atoms with E-state index in [0.29, 0.717) is 29.8 Å². The predicted molar refractivity (Wildman–Crippen MR) is 125 cm³/mol. The van der Waals surface area contributed by atoms with Crippen LogP contribution in [-0.4, -0.2) is 21.4 Å². The quantitative estimate of drug-likeness (QED) is 0.500. The van der Waals surface area contributed by atoms with E-state index in [2.05, 4.69) is 4.98 Å². The number of nitrogens with one attached hydrogen (secondary N) is 1. The first kappa shape index (κ1) is 20.7. The Kier molecular flexibility index (Phi) is 5.45. The Morgan fingerprint density at radius 2 is 1.88 bits per heavy atom. The van der Waals surface area contributed by atoms with E-state index in [1.165, 1.54) is 12.1 Å². The minimum Gasteiger partial charge on any atom is -0.371 e. The summed E-state index contributed by atoms with van der Waals surface area (Å²) in [5, 5.41) is 0.471. The third-order valence-corrected chi connectivity index (χ3v) is 6.92. The van der Waals surface area contributed by atoms with Gasteiger partial charge in [-0.25, -0.2) is 9.18 Å². The van der Waals surface area contributed by atoms with Crippen LogP contribution >= 0.6 is 11.8 Å². The second kappa shape index (κ2) is 8.41. The summed E-state index contributed by atoms with van der Waals surface area (Å²) in [6.07, 6.45) is -0.221. The standard InChI is InChI=1S/C25H21FN2O3S/c1-15-11-20-22-23(21(15)17-7-9-18(26)10-8-17)32-14-19(12-28(22)25(30)27-24(20)29)31-13-16-5-3-2-4-6-16/h2-11,19H,12-14H2,1H3,(H,27,29,30)/t19-/m1/s1. The Hall–Kier alpha value is -3.16. The van der Waals surface area contributed by atoms with Crippen molar-refractivity contribution in [3.63, 3.8) is 0 Å². The molecule has 0 fully saturated rings. The van der Waals surface area contributed by atoms with E-state index in [1.54, 1.807) is 34.5 Å². The zero-order valence-electron chi connectivity index (χ0n) is 17.4. The molecule has 0 amide bonds. The number of rotatable bonds is 4. The number of thioether (sulfide) groups is 1. The van der Waals surface area contributed by atoms with Crippen molar-refractivity contribution < 1.29 is 9.13 Å². The van der Waals surface area contributed by atoms with Gasteiger partial charge in [-0.1, -0.05) is 42.5 Å². The molecule has 1 N–H and O–H groups in total. The number of aromatic amines is 1. The van der Waals surface area contributed by atoms with Crippen LogP contribution in [0.5, 0.6) is 0 Å². The third-order valence-electron chi connectivity index (χ3n) is 5.69. The van der Waals surface area contributed by atoms with Crippen molar-refractivity contribution in [1.29, 1.82) is 0 Å². The number of halogens is 1. The molecule has 2 heterocycles. The molecule has 0 aliphatic carbocycles. The van der Waals surface area contributed by atoms with Crippen molar-refractivity contribution in [3.8, 4) is 11.1 Å². The van der Waals surface area contributed by atoms with Gasteiger partial charge in [0.2, 0.25) is 0 Å². The van der Waals surface area contributed by atoms with Crippen molar-refractivity contribution in [2.24, 2.45) is 0 Å². The number of aryl methyl sites for hydroxylation is 1. The van der Waals surface area contributed by atoms with Crippen LogP contribution in [0.2, 0.25) is 0 Å². The zero-order valence-corrected chi connectivity index (χ0v) is 18.2. The van der Waals surface area contributed by atoms with Gasteiger partial charge in [-0.05, 0) is 41.8 Å². The number of nitrogens with zero attached hydrogens (tertiary/aromatic N) is 1. The molecule has 3 aromatic carbocycles. The zero-order chi connectivity index (χ0) is 22.2. The monoisotopic (exact) mass is 448 g/mol. The molecule has 4 aromatic rings. The molecule has 162 valence electrons. The number of H-pyrrole nitrogens is 1. The largest absolute Gasteiger partial charge is 0.371 e. The van der Waals surface area contributed by atoms with Gasteiger partial charge >= 0.3 is 5.69 Å². The van der Waals surface area contributed by atoms with E-state index in [-0.39, 0.29) is 11.9 Å². The lowest BCUT2D eigenvalue weighted by Gasteiger charge is -2.17. The maximum atomic E-state index is 13.5. The van der Waals surface area contributed by atoms with Gasteiger partial charge in [0, 0.05) is 16.2 Å². The SMILES string of the molecule is Cc1cc2c(=O)[nH]c(=O)n3c2c(c1-c1ccc(F)cc1)SC[C@H](OCc1ccccc1)C3. The summed E-state index contributed by atoms with van der Waals surface area (Å²) in [5.41, 5.74) is 3.46. The molecule has 1 aliphatic heterocycles. The van der Waals surface area contributed by atoms with Crippen molar-refractivity contribution in [2.75, 3.05) is 5.75 Å². The Labute approximate surface area is 187 Å². The molecule has 1 aliphatic rings. The fourth-order valence-corrected chi connectivity index (χ4v) is 5.50. The fraction of sp³-hybridized carbons (Fsp3) is 0.200. The maximum Gasteiger partial charge on any atom is 0.328 e. The Balaban J connectivity index is 1.63. The first-order chi connectivity index (χ1) is 15.5. The topological polar surface area (TPSA) is 64.1 Å². The molecule has 7 heteroatoms. The second-order valence-corrected chi connectivity index (χ2v) is 8.93. The van der Waals surface area contributed by atoms with E-state index >= 15 is 0 Å². The van der Waals surface area contributed by atoms with Gasteiger partial charge < -0.3 is 4.74 Å². The molecule has 32 heavy (non-hydrogen) atoms. The highest BCUT2D eigenvalue weighted by Crippen LogP contribution is 2.41. The maximum absolute atomic E-state index is 13.5. The molecule has 0 spiro atoms. The van der Waals surface area contributed by atoms with Crippen molar-refractivity contribution >= 4 is 22.7 Å². The summed E-state index contributed by atoms with van der Waals surface area (Å²) in [4.78, 5) is 28.7. The summed E-state index contributed by atoms with van der Waals surface area (Å²) in [5.74, 6) is 0.308. The molecule has 5 nitrogen and oxygen atoms in total. The molecule has 0 bridgehead atoms. The molecule has 0 saturated carbocycles. The highest BCUT2D eigenvalue weighted by atomic mass is 32.2. The minimum atomic E-state index is -0.450. The van der Waals surface area contributed by atoms with Crippen LogP contribution in [0.3, 0.4) is 0 Å². The predicted octanol–water partition coefficient (Wildman–Crippen LogP) is 4.50. The molecular weight excluding hydrogens is 427 g/mol. The lowest BCUT2D eigenvalue weighted by molar-refractivity contribution is 0.0454. The average Bonchev–Trinajstić information content (AvgIpc) is 2.98. The summed E-state index contributed by atoms with van der Waals surface area (Å²) >= 11 is 1.57. The fourth-order valence-electron chi connectivity index (χ4n) is 4.16. The van der Waals surface area contributed by atoms with Crippen LogP contribution in [0.15, 0.2) is 75.1 Å². The summed E-state index contributed by atoms with van der Waals surface area (Å²) in [6.45, 7) is 2.71. The Bertz CT molecular complexity index is 1410. The highest BCUT2D eigenvalue weighted by molar-refractivity contribution is 7.99. The van der Waals surface area contributed by atoms with Crippen LogP contribution in [0, 0.1) is 12.7 Å². The molecule has 5 rings (SSSR count). The van der Waals surface area contributed by atoms with Crippen molar-refractivity contribution in [2.45, 2.75) is 31.1 Å². The van der Waals surface area contributed by atoms with Gasteiger partial charge in [0.05, 0.1) is 30.2 Å². The molecule has 1 aromatic heterocycles. The molecule has 0 radical (unpaired) electrons. The Morgan fingerprint density at radius 1 is 1.12 bits per heavy atom. The van der Waals surface area contributed by atoms with Gasteiger partial charge in [-0.2, -0.15) is 0 Å². The number of ether oxygens (including phenoxy) is 1. The summed E-state index contributed by atoms with van der Waals surface area (Å²) in [6, 6.07) is 18.0. The van der Waals surface area contributed by atoms with Gasteiger partial charge in [0.15, 0.2) is 0 Å². The van der Waals surface area contributed by atoms with Gasteiger partial charge in [0.25, 0.3) is 5.56 Å². The lowest BCUT2D eigenvalue weighted by Crippen LogP contribution is -2.34. The van der Waals surface area contributed by atoms with Crippen LogP contribution < -0.4 is 11.2 Å². The van der Waals surface area contributed by atoms with Gasteiger partial charge in [-0.15, -0.1) is 11.8 Å². The molecule has 1 atom stereocenters. The second-order valence-electron chi connectivity index (χ2n) is 7.90. The van der Waals surface area contributed by atoms with E-state index in [4.69, 9.17) is 4.74 Å². The molecule has 0 unspecified atom stereocenters. The van der Waals surface area contributed by atoms with Crippen LogP contribution in [0.4, 0.5) is 4.39 Å². The highest BCUT2D eigenvalue weighted by Gasteiger charge is 2.25. The summed E-state index contributed by atoms with van der Waals surface area (Å²) in [7, 11) is 0. The van der Waals surface area contributed by atoms with Gasteiger partial charge in [-0.3, -0.25) is 14.3 Å². The van der Waals surface area contributed by atoms with Crippen molar-refractivity contribution in [1.82, 2.24) is 9.55 Å². The van der Waals surface area contributed by atoms with E-state index in [1.807, 2.05) is 37.3 Å². The normalized spacial score (nSPS) is 15.6. The van der Waals surface area contributed by atoms with E-state index < -0.39 is 11.2 Å². The third kappa shape index (κ3) is 3.78. The van der Waals surface area contributed by atoms with Crippen LogP contribution in [-0.2, 0) is 17.9 Å². The first-order valence-corrected chi connectivity index (χ1v) is 11.3. The number of aromatic nitrogens is 2. The van der Waals surface area contributed by atoms with E-state index in [0.717, 1.165) is 27.1 Å². The number of benzene rings is 3.